The van der Waals surface area contributed by atoms with Crippen molar-refractivity contribution in [3.8, 4) is 5.75 Å². The van der Waals surface area contributed by atoms with Crippen molar-refractivity contribution in [2.24, 2.45) is 0 Å². The molecule has 0 amide bonds. The Bertz CT molecular complexity index is 394. The van der Waals surface area contributed by atoms with Crippen molar-refractivity contribution in [2.45, 2.75) is 20.0 Å². The average molecular weight is 288 g/mol. The molecule has 0 aliphatic heterocycles. The molecule has 0 saturated heterocycles. The van der Waals surface area contributed by atoms with Gasteiger partial charge in [0, 0.05) is 0 Å². The number of aliphatic hydroxyl groups is 1. The van der Waals surface area contributed by atoms with Gasteiger partial charge in [-0.15, -0.1) is 0 Å². The fourth-order valence-electron chi connectivity index (χ4n) is 1.60. The van der Waals surface area contributed by atoms with Crippen LogP contribution in [0.2, 0.25) is 0 Å². The van der Waals surface area contributed by atoms with Crippen LogP contribution in [0.1, 0.15) is 19.4 Å². The first-order valence-corrected chi connectivity index (χ1v) is 8.07. The molecule has 0 saturated carbocycles. The summed E-state index contributed by atoms with van der Waals surface area (Å²) in [6.45, 7) is 4.53. The van der Waals surface area contributed by atoms with Crippen molar-refractivity contribution < 1.29 is 23.5 Å². The molecule has 0 unspecified atom stereocenters. The fourth-order valence-corrected chi connectivity index (χ4v) is 3.30. The van der Waals surface area contributed by atoms with Crippen LogP contribution in [0.15, 0.2) is 24.3 Å². The van der Waals surface area contributed by atoms with Gasteiger partial charge in [-0.25, -0.2) is 0 Å². The van der Waals surface area contributed by atoms with E-state index in [4.69, 9.17) is 18.9 Å². The quantitative estimate of drug-likeness (QED) is 0.708. The summed E-state index contributed by atoms with van der Waals surface area (Å²) in [5.74, 6) is 0.667. The van der Waals surface area contributed by atoms with Crippen LogP contribution in [0.5, 0.6) is 5.75 Å². The fraction of sp³-hybridized carbons (Fsp3) is 0.538. The molecule has 1 N–H and O–H groups in total. The third-order valence-electron chi connectivity index (χ3n) is 2.31. The van der Waals surface area contributed by atoms with Crippen molar-refractivity contribution in [3.63, 3.8) is 0 Å². The van der Waals surface area contributed by atoms with Gasteiger partial charge in [-0.3, -0.25) is 4.57 Å². The number of benzene rings is 1. The Morgan fingerprint density at radius 2 is 1.68 bits per heavy atom. The first-order valence-electron chi connectivity index (χ1n) is 6.34. The molecule has 19 heavy (non-hydrogen) atoms. The Balaban J connectivity index is 2.66. The lowest BCUT2D eigenvalue weighted by molar-refractivity contribution is 0.201. The smallest absolute Gasteiger partial charge is 0.335 e. The monoisotopic (exact) mass is 288 g/mol. The highest BCUT2D eigenvalue weighted by molar-refractivity contribution is 7.53. The molecule has 6 heteroatoms. The highest BCUT2D eigenvalue weighted by atomic mass is 31.2. The molecule has 1 aromatic carbocycles. The van der Waals surface area contributed by atoms with Crippen LogP contribution < -0.4 is 4.74 Å². The molecule has 0 spiro atoms. The second-order valence-corrected chi connectivity index (χ2v) is 5.88. The molecule has 108 valence electrons. The molecule has 0 heterocycles. The molecular weight excluding hydrogens is 267 g/mol. The van der Waals surface area contributed by atoms with Gasteiger partial charge in [0.25, 0.3) is 0 Å². The van der Waals surface area contributed by atoms with E-state index in [2.05, 4.69) is 0 Å². The zero-order chi connectivity index (χ0) is 14.1. The van der Waals surface area contributed by atoms with Crippen LogP contribution in [0.3, 0.4) is 0 Å². The molecule has 0 aliphatic rings. The summed E-state index contributed by atoms with van der Waals surface area (Å²) >= 11 is 0. The normalized spacial score (nSPS) is 11.5. The Hall–Kier alpha value is -0.870. The summed E-state index contributed by atoms with van der Waals surface area (Å²) in [6.07, 6.45) is 0.245. The van der Waals surface area contributed by atoms with E-state index < -0.39 is 7.60 Å². The predicted octanol–water partition coefficient (Wildman–Crippen LogP) is 2.82. The lowest BCUT2D eigenvalue weighted by Crippen LogP contribution is -2.02. The molecule has 1 rings (SSSR count). The maximum atomic E-state index is 12.3. The van der Waals surface area contributed by atoms with Crippen molar-refractivity contribution in [2.75, 3.05) is 26.4 Å². The summed E-state index contributed by atoms with van der Waals surface area (Å²) in [5, 5.41) is 8.66. The summed E-state index contributed by atoms with van der Waals surface area (Å²) in [5.41, 5.74) is 0.863. The van der Waals surface area contributed by atoms with Gasteiger partial charge in [0.1, 0.15) is 12.4 Å². The van der Waals surface area contributed by atoms with Crippen LogP contribution in [0, 0.1) is 0 Å². The molecule has 0 bridgehead atoms. The Morgan fingerprint density at radius 1 is 1.11 bits per heavy atom. The number of rotatable bonds is 9. The summed E-state index contributed by atoms with van der Waals surface area (Å²) < 4.78 is 28.1. The van der Waals surface area contributed by atoms with Crippen LogP contribution in [0.4, 0.5) is 0 Å². The van der Waals surface area contributed by atoms with E-state index in [1.54, 1.807) is 26.0 Å². The molecular formula is C13H21O5P. The minimum Gasteiger partial charge on any atom is -0.491 e. The largest absolute Gasteiger partial charge is 0.491 e. The van der Waals surface area contributed by atoms with E-state index in [9.17, 15) is 4.57 Å². The van der Waals surface area contributed by atoms with E-state index in [0.717, 1.165) is 5.56 Å². The minimum atomic E-state index is -3.06. The van der Waals surface area contributed by atoms with Crippen molar-refractivity contribution in [1.82, 2.24) is 0 Å². The predicted molar refractivity (Wildman–Crippen MR) is 73.6 cm³/mol. The van der Waals surface area contributed by atoms with Gasteiger partial charge in [0.15, 0.2) is 0 Å². The average Bonchev–Trinajstić information content (AvgIpc) is 2.38. The Labute approximate surface area is 114 Å². The van der Waals surface area contributed by atoms with Gasteiger partial charge in [-0.1, -0.05) is 12.1 Å². The lowest BCUT2D eigenvalue weighted by Gasteiger charge is -2.17. The first kappa shape index (κ1) is 16.2. The Kier molecular flexibility index (Phi) is 7.10. The maximum Gasteiger partial charge on any atom is 0.335 e. The summed E-state index contributed by atoms with van der Waals surface area (Å²) in [7, 11) is -3.06. The van der Waals surface area contributed by atoms with Crippen molar-refractivity contribution in [3.05, 3.63) is 29.8 Å². The van der Waals surface area contributed by atoms with Crippen molar-refractivity contribution >= 4 is 7.60 Å². The van der Waals surface area contributed by atoms with Gasteiger partial charge in [-0.2, -0.15) is 0 Å². The summed E-state index contributed by atoms with van der Waals surface area (Å²) in [6, 6.07) is 7.18. The highest BCUT2D eigenvalue weighted by Gasteiger charge is 2.23. The lowest BCUT2D eigenvalue weighted by atomic mass is 10.2. The van der Waals surface area contributed by atoms with Crippen LogP contribution in [0.25, 0.3) is 0 Å². The van der Waals surface area contributed by atoms with Crippen LogP contribution >= 0.6 is 7.60 Å². The molecule has 0 radical (unpaired) electrons. The highest BCUT2D eigenvalue weighted by Crippen LogP contribution is 2.51. The van der Waals surface area contributed by atoms with Crippen molar-refractivity contribution in [1.29, 1.82) is 0 Å². The van der Waals surface area contributed by atoms with E-state index in [-0.39, 0.29) is 19.4 Å². The van der Waals surface area contributed by atoms with E-state index in [1.165, 1.54) is 0 Å². The third-order valence-corrected chi connectivity index (χ3v) is 4.37. The topological polar surface area (TPSA) is 65.0 Å². The number of ether oxygens (including phenoxy) is 1. The molecule has 5 nitrogen and oxygen atoms in total. The van der Waals surface area contributed by atoms with Gasteiger partial charge >= 0.3 is 7.60 Å². The van der Waals surface area contributed by atoms with Gasteiger partial charge in [0.2, 0.25) is 0 Å². The molecule has 1 aromatic rings. The standard InChI is InChI=1S/C13H21O5P/c1-3-17-19(15,18-4-2)11-12-5-7-13(8-6-12)16-10-9-14/h5-8,14H,3-4,9-11H2,1-2H3. The Morgan fingerprint density at radius 3 is 2.16 bits per heavy atom. The molecule has 0 fully saturated rings. The number of aliphatic hydroxyl groups excluding tert-OH is 1. The minimum absolute atomic E-state index is 0.0222. The van der Waals surface area contributed by atoms with Gasteiger partial charge < -0.3 is 18.9 Å². The van der Waals surface area contributed by atoms with Crippen LogP contribution in [-0.4, -0.2) is 31.5 Å². The second-order valence-electron chi connectivity index (χ2n) is 3.82. The van der Waals surface area contributed by atoms with E-state index >= 15 is 0 Å². The SMILES string of the molecule is CCOP(=O)(Cc1ccc(OCCO)cc1)OCC. The van der Waals surface area contributed by atoms with E-state index in [1.807, 2.05) is 12.1 Å². The second kappa shape index (κ2) is 8.33. The number of hydrogen-bond donors (Lipinski definition) is 1. The first-order chi connectivity index (χ1) is 9.13. The van der Waals surface area contributed by atoms with Crippen LogP contribution in [-0.2, 0) is 19.8 Å². The molecule has 0 aromatic heterocycles. The molecule has 0 aliphatic carbocycles. The zero-order valence-electron chi connectivity index (χ0n) is 11.4. The van der Waals surface area contributed by atoms with E-state index in [0.29, 0.717) is 19.0 Å². The van der Waals surface area contributed by atoms with Gasteiger partial charge in [0.05, 0.1) is 26.0 Å². The third kappa shape index (κ3) is 5.74. The maximum absolute atomic E-state index is 12.3. The molecule has 0 atom stereocenters. The zero-order valence-corrected chi connectivity index (χ0v) is 12.3. The summed E-state index contributed by atoms with van der Waals surface area (Å²) in [4.78, 5) is 0. The number of hydrogen-bond acceptors (Lipinski definition) is 5. The van der Waals surface area contributed by atoms with Gasteiger partial charge in [-0.05, 0) is 31.5 Å².